The van der Waals surface area contributed by atoms with Crippen LogP contribution in [0.15, 0.2) is 23.2 Å². The summed E-state index contributed by atoms with van der Waals surface area (Å²) in [5.74, 6) is -0.234. The average molecular weight is 255 g/mol. The molecule has 2 aromatic rings. The van der Waals surface area contributed by atoms with E-state index in [0.717, 1.165) is 11.1 Å². The lowest BCUT2D eigenvalue weighted by atomic mass is 10.1. The summed E-state index contributed by atoms with van der Waals surface area (Å²) >= 11 is 1.36. The van der Waals surface area contributed by atoms with Gasteiger partial charge in [-0.25, -0.2) is 4.39 Å². The highest BCUT2D eigenvalue weighted by molar-refractivity contribution is 7.98. The molecule has 1 N–H and O–H groups in total. The summed E-state index contributed by atoms with van der Waals surface area (Å²) in [7, 11) is 1.55. The number of nitrogens with one attached hydrogen (secondary N) is 1. The molecule has 1 aromatic carbocycles. The van der Waals surface area contributed by atoms with Gasteiger partial charge in [0.25, 0.3) is 0 Å². The molecule has 0 aliphatic rings. The number of nitrogens with zero attached hydrogens (tertiary/aromatic N) is 1. The number of halogens is 1. The molecule has 0 saturated carbocycles. The number of aromatic nitrogens is 1. The van der Waals surface area contributed by atoms with Crippen molar-refractivity contribution in [1.29, 1.82) is 0 Å². The molecular weight excluding hydrogens is 235 g/mol. The van der Waals surface area contributed by atoms with Gasteiger partial charge in [-0.05, 0) is 44.4 Å². The van der Waals surface area contributed by atoms with Gasteiger partial charge in [-0.3, -0.25) is 0 Å². The maximum Gasteiger partial charge on any atom is 0.146 e. The third-order valence-electron chi connectivity index (χ3n) is 2.77. The van der Waals surface area contributed by atoms with Crippen LogP contribution in [0.4, 0.5) is 4.39 Å². The number of likely N-dealkylation sites (N-methyl/N-ethyl adjacent to an activating group) is 1. The normalized spacial score (nSPS) is 14.9. The van der Waals surface area contributed by atoms with Gasteiger partial charge in [0, 0.05) is 32.7 Å². The van der Waals surface area contributed by atoms with Crippen LogP contribution in [-0.2, 0) is 6.42 Å². The standard InChI is InChI=1S/C13H17FN2S/c1-16(2)7-6-9-8-15-10-4-5-11(17-3)13(14)12(9)10/h4-5,8,15H,6-7H2,1-3H3/i1D3. The molecule has 0 bridgehead atoms. The Bertz CT molecular complexity index is 609. The zero-order valence-corrected chi connectivity index (χ0v) is 10.7. The molecule has 0 atom stereocenters. The number of fused-ring (bicyclic) bond motifs is 1. The van der Waals surface area contributed by atoms with Crippen LogP contribution in [0.25, 0.3) is 10.9 Å². The van der Waals surface area contributed by atoms with E-state index in [9.17, 15) is 4.39 Å². The van der Waals surface area contributed by atoms with Crippen molar-refractivity contribution in [2.45, 2.75) is 11.3 Å². The van der Waals surface area contributed by atoms with Gasteiger partial charge >= 0.3 is 0 Å². The fourth-order valence-corrected chi connectivity index (χ4v) is 2.36. The largest absolute Gasteiger partial charge is 0.361 e. The first-order valence-corrected chi connectivity index (χ1v) is 6.60. The molecule has 0 aliphatic carbocycles. The van der Waals surface area contributed by atoms with Crippen molar-refractivity contribution in [3.8, 4) is 0 Å². The Hall–Kier alpha value is -1.00. The van der Waals surface area contributed by atoms with Gasteiger partial charge in [0.2, 0.25) is 0 Å². The van der Waals surface area contributed by atoms with E-state index in [1.807, 2.05) is 12.3 Å². The van der Waals surface area contributed by atoms with Crippen molar-refractivity contribution in [2.75, 3.05) is 26.8 Å². The fraction of sp³-hybridized carbons (Fsp3) is 0.385. The van der Waals surface area contributed by atoms with Crippen molar-refractivity contribution in [2.24, 2.45) is 0 Å². The molecule has 0 unspecified atom stereocenters. The first kappa shape index (κ1) is 9.00. The molecule has 0 fully saturated rings. The number of rotatable bonds is 4. The van der Waals surface area contributed by atoms with Gasteiger partial charge in [-0.1, -0.05) is 0 Å². The van der Waals surface area contributed by atoms with Gasteiger partial charge in [-0.15, -0.1) is 11.8 Å². The first-order valence-electron chi connectivity index (χ1n) is 6.88. The Morgan fingerprint density at radius 3 is 3.06 bits per heavy atom. The van der Waals surface area contributed by atoms with Crippen LogP contribution >= 0.6 is 11.8 Å². The van der Waals surface area contributed by atoms with Crippen molar-refractivity contribution < 1.29 is 8.50 Å². The zero-order valence-electron chi connectivity index (χ0n) is 12.9. The summed E-state index contributed by atoms with van der Waals surface area (Å²) in [4.78, 5) is 4.93. The van der Waals surface area contributed by atoms with E-state index in [-0.39, 0.29) is 5.82 Å². The minimum Gasteiger partial charge on any atom is -0.361 e. The molecule has 0 spiro atoms. The Labute approximate surface area is 109 Å². The van der Waals surface area contributed by atoms with Gasteiger partial charge in [0.05, 0.1) is 0 Å². The first-order chi connectivity index (χ1) is 9.34. The highest BCUT2D eigenvalue weighted by Crippen LogP contribution is 2.29. The number of aromatic amines is 1. The molecule has 17 heavy (non-hydrogen) atoms. The third kappa shape index (κ3) is 2.48. The quantitative estimate of drug-likeness (QED) is 0.846. The Morgan fingerprint density at radius 2 is 2.35 bits per heavy atom. The van der Waals surface area contributed by atoms with Crippen molar-refractivity contribution in [1.82, 2.24) is 9.88 Å². The maximum absolute atomic E-state index is 14.4. The van der Waals surface area contributed by atoms with Crippen LogP contribution in [0.5, 0.6) is 0 Å². The van der Waals surface area contributed by atoms with Gasteiger partial charge < -0.3 is 9.88 Å². The second-order valence-electron chi connectivity index (χ2n) is 3.99. The molecule has 0 amide bonds. The van der Waals surface area contributed by atoms with E-state index in [1.165, 1.54) is 16.7 Å². The summed E-state index contributed by atoms with van der Waals surface area (Å²) in [6, 6.07) is 3.60. The van der Waals surface area contributed by atoms with Crippen LogP contribution in [0.3, 0.4) is 0 Å². The van der Waals surface area contributed by atoms with Crippen molar-refractivity contribution >= 4 is 22.7 Å². The Kier molecular flexibility index (Phi) is 2.70. The second kappa shape index (κ2) is 5.10. The lowest BCUT2D eigenvalue weighted by Gasteiger charge is -2.09. The molecule has 1 heterocycles. The van der Waals surface area contributed by atoms with E-state index < -0.39 is 6.98 Å². The predicted octanol–water partition coefficient (Wildman–Crippen LogP) is 3.13. The molecule has 0 aliphatic heterocycles. The van der Waals surface area contributed by atoms with E-state index in [2.05, 4.69) is 4.98 Å². The molecule has 2 rings (SSSR count). The number of hydrogen-bond donors (Lipinski definition) is 1. The molecule has 0 radical (unpaired) electrons. The summed E-state index contributed by atoms with van der Waals surface area (Å²) < 4.78 is 36.3. The van der Waals surface area contributed by atoms with E-state index in [0.29, 0.717) is 23.2 Å². The molecule has 1 aromatic heterocycles. The number of thioether (sulfide) groups is 1. The minimum atomic E-state index is -2.12. The van der Waals surface area contributed by atoms with Crippen molar-refractivity contribution in [3.05, 3.63) is 29.7 Å². The van der Waals surface area contributed by atoms with Crippen LogP contribution < -0.4 is 0 Å². The van der Waals surface area contributed by atoms with Gasteiger partial charge in [-0.2, -0.15) is 0 Å². The summed E-state index contributed by atoms with van der Waals surface area (Å²) in [6.45, 7) is -1.76. The van der Waals surface area contributed by atoms with Crippen molar-refractivity contribution in [3.63, 3.8) is 0 Å². The Morgan fingerprint density at radius 1 is 1.53 bits per heavy atom. The lowest BCUT2D eigenvalue weighted by Crippen LogP contribution is -2.14. The summed E-state index contributed by atoms with van der Waals surface area (Å²) in [6.07, 6.45) is 4.08. The zero-order chi connectivity index (χ0) is 14.9. The maximum atomic E-state index is 14.4. The molecular formula is C13H17FN2S. The van der Waals surface area contributed by atoms with Crippen LogP contribution in [-0.4, -0.2) is 36.7 Å². The SMILES string of the molecule is [2H]C([2H])([2H])N(C)CCc1c[nH]c2ccc(SC)c(F)c12. The van der Waals surface area contributed by atoms with E-state index in [4.69, 9.17) is 4.11 Å². The van der Waals surface area contributed by atoms with Crippen LogP contribution in [0, 0.1) is 5.82 Å². The molecule has 4 heteroatoms. The lowest BCUT2D eigenvalue weighted by molar-refractivity contribution is 0.414. The monoisotopic (exact) mass is 255 g/mol. The van der Waals surface area contributed by atoms with Crippen LogP contribution in [0.1, 0.15) is 9.68 Å². The van der Waals surface area contributed by atoms with E-state index >= 15 is 0 Å². The number of H-pyrrole nitrogens is 1. The smallest absolute Gasteiger partial charge is 0.146 e. The highest BCUT2D eigenvalue weighted by Gasteiger charge is 2.12. The predicted molar refractivity (Wildman–Crippen MR) is 72.3 cm³/mol. The number of benzene rings is 1. The van der Waals surface area contributed by atoms with E-state index in [1.54, 1.807) is 19.3 Å². The third-order valence-corrected chi connectivity index (χ3v) is 3.52. The topological polar surface area (TPSA) is 19.0 Å². The van der Waals surface area contributed by atoms with Gasteiger partial charge in [0.15, 0.2) is 0 Å². The molecule has 92 valence electrons. The summed E-state index contributed by atoms with van der Waals surface area (Å²) in [5.41, 5.74) is 1.55. The average Bonchev–Trinajstić information content (AvgIpc) is 2.79. The Balaban J connectivity index is 2.27. The molecule has 2 nitrogen and oxygen atoms in total. The van der Waals surface area contributed by atoms with Gasteiger partial charge in [0.1, 0.15) is 5.82 Å². The summed E-state index contributed by atoms with van der Waals surface area (Å²) in [5, 5.41) is 0.566. The number of hydrogen-bond acceptors (Lipinski definition) is 2. The molecule has 0 saturated heterocycles. The minimum absolute atomic E-state index is 0.234. The fourth-order valence-electron chi connectivity index (χ4n) is 1.87. The highest BCUT2D eigenvalue weighted by atomic mass is 32.2. The van der Waals surface area contributed by atoms with Crippen LogP contribution in [0.2, 0.25) is 0 Å². The second-order valence-corrected chi connectivity index (χ2v) is 4.84.